The summed E-state index contributed by atoms with van der Waals surface area (Å²) >= 11 is 0. The molecule has 0 radical (unpaired) electrons. The minimum atomic E-state index is 0.111. The second-order valence-electron chi connectivity index (χ2n) is 7.10. The Balaban J connectivity index is 1.65. The van der Waals surface area contributed by atoms with Crippen molar-refractivity contribution < 1.29 is 4.74 Å². The van der Waals surface area contributed by atoms with Crippen LogP contribution in [0.3, 0.4) is 0 Å². The fraction of sp³-hybridized carbons (Fsp3) is 0.400. The Morgan fingerprint density at radius 2 is 2.04 bits per heavy atom. The molecule has 138 valence electrons. The second kappa shape index (κ2) is 7.23. The molecule has 7 nitrogen and oxygen atoms in total. The molecule has 27 heavy (non-hydrogen) atoms. The third-order valence-electron chi connectivity index (χ3n) is 4.80. The van der Waals surface area contributed by atoms with Crippen LogP contribution in [0.2, 0.25) is 0 Å². The normalized spacial score (nSPS) is 15.3. The van der Waals surface area contributed by atoms with Gasteiger partial charge in [-0.1, -0.05) is 0 Å². The highest BCUT2D eigenvalue weighted by atomic mass is 16.5. The van der Waals surface area contributed by atoms with Gasteiger partial charge in [-0.2, -0.15) is 10.4 Å². The average molecular weight is 362 g/mol. The zero-order valence-electron chi connectivity index (χ0n) is 15.5. The maximum atomic E-state index is 9.08. The number of hydrogen-bond donors (Lipinski definition) is 1. The molecule has 1 N–H and O–H groups in total. The van der Waals surface area contributed by atoms with E-state index >= 15 is 0 Å². The van der Waals surface area contributed by atoms with E-state index in [1.165, 1.54) is 0 Å². The number of fused-ring (bicyclic) bond motifs is 1. The summed E-state index contributed by atoms with van der Waals surface area (Å²) in [6.45, 7) is 5.68. The van der Waals surface area contributed by atoms with Crippen LogP contribution in [0.5, 0.6) is 5.75 Å². The van der Waals surface area contributed by atoms with Gasteiger partial charge in [0.1, 0.15) is 23.6 Å². The first kappa shape index (κ1) is 17.3. The molecule has 0 aliphatic carbocycles. The zero-order valence-corrected chi connectivity index (χ0v) is 15.5. The molecule has 0 amide bonds. The van der Waals surface area contributed by atoms with Crippen molar-refractivity contribution in [2.75, 3.05) is 18.0 Å². The van der Waals surface area contributed by atoms with Crippen LogP contribution in [-0.4, -0.2) is 39.4 Å². The van der Waals surface area contributed by atoms with Crippen LogP contribution >= 0.6 is 0 Å². The summed E-state index contributed by atoms with van der Waals surface area (Å²) in [7, 11) is 0. The molecule has 0 atom stereocenters. The Kier molecular flexibility index (Phi) is 4.63. The molecular formula is C20H22N6O. The van der Waals surface area contributed by atoms with E-state index in [-0.39, 0.29) is 12.0 Å². The van der Waals surface area contributed by atoms with Crippen molar-refractivity contribution in [3.05, 3.63) is 30.6 Å². The fourth-order valence-corrected chi connectivity index (χ4v) is 3.42. The summed E-state index contributed by atoms with van der Waals surface area (Å²) < 4.78 is 5.81. The maximum absolute atomic E-state index is 9.08. The Bertz CT molecular complexity index is 982. The van der Waals surface area contributed by atoms with Crippen molar-refractivity contribution in [2.24, 2.45) is 5.92 Å². The predicted octanol–water partition coefficient (Wildman–Crippen LogP) is 3.55. The van der Waals surface area contributed by atoms with E-state index in [0.717, 1.165) is 59.8 Å². The molecule has 1 aliphatic heterocycles. The van der Waals surface area contributed by atoms with Crippen LogP contribution in [0.25, 0.3) is 22.3 Å². The van der Waals surface area contributed by atoms with Crippen LogP contribution in [0.15, 0.2) is 30.6 Å². The van der Waals surface area contributed by atoms with E-state index in [4.69, 9.17) is 10.00 Å². The Hall–Kier alpha value is -3.14. The first-order valence-corrected chi connectivity index (χ1v) is 9.26. The Labute approximate surface area is 158 Å². The second-order valence-corrected chi connectivity index (χ2v) is 7.10. The molecule has 2 aromatic heterocycles. The van der Waals surface area contributed by atoms with Crippen LogP contribution in [0.4, 0.5) is 5.82 Å². The number of nitriles is 1. The Morgan fingerprint density at radius 1 is 1.22 bits per heavy atom. The van der Waals surface area contributed by atoms with Crippen LogP contribution in [0, 0.1) is 17.2 Å². The van der Waals surface area contributed by atoms with E-state index in [9.17, 15) is 0 Å². The topological polar surface area (TPSA) is 90.7 Å². The summed E-state index contributed by atoms with van der Waals surface area (Å²) in [4.78, 5) is 11.1. The number of aromatic nitrogens is 4. The number of hydrogen-bond acceptors (Lipinski definition) is 6. The molecule has 1 fully saturated rings. The highest BCUT2D eigenvalue weighted by Gasteiger charge is 2.21. The summed E-state index contributed by atoms with van der Waals surface area (Å²) in [6.07, 6.45) is 3.43. The third kappa shape index (κ3) is 3.56. The van der Waals surface area contributed by atoms with Gasteiger partial charge in [0.25, 0.3) is 0 Å². The van der Waals surface area contributed by atoms with E-state index in [1.54, 1.807) is 6.33 Å². The highest BCUT2D eigenvalue weighted by molar-refractivity contribution is 5.93. The largest absolute Gasteiger partial charge is 0.491 e. The van der Waals surface area contributed by atoms with Gasteiger partial charge in [-0.25, -0.2) is 9.97 Å². The molecule has 3 aromatic rings. The van der Waals surface area contributed by atoms with Gasteiger partial charge in [0.15, 0.2) is 0 Å². The van der Waals surface area contributed by atoms with E-state index in [1.807, 2.05) is 38.1 Å². The first-order chi connectivity index (χ1) is 13.1. The monoisotopic (exact) mass is 362 g/mol. The molecule has 0 bridgehead atoms. The van der Waals surface area contributed by atoms with Crippen molar-refractivity contribution >= 4 is 16.7 Å². The molecule has 1 aromatic carbocycles. The zero-order chi connectivity index (χ0) is 18.8. The lowest BCUT2D eigenvalue weighted by molar-refractivity contribution is 0.243. The quantitative estimate of drug-likeness (QED) is 0.763. The third-order valence-corrected chi connectivity index (χ3v) is 4.80. The molecule has 1 aliphatic rings. The Morgan fingerprint density at radius 3 is 2.78 bits per heavy atom. The van der Waals surface area contributed by atoms with E-state index in [2.05, 4.69) is 31.1 Å². The predicted molar refractivity (Wildman–Crippen MR) is 103 cm³/mol. The molecule has 3 heterocycles. The number of rotatable bonds is 4. The molecular weight excluding hydrogens is 340 g/mol. The number of nitrogens with one attached hydrogen (secondary N) is 1. The summed E-state index contributed by atoms with van der Waals surface area (Å²) in [5, 5.41) is 17.6. The molecule has 1 saturated heterocycles. The number of anilines is 1. The van der Waals surface area contributed by atoms with Crippen molar-refractivity contribution in [3.8, 4) is 23.2 Å². The number of piperidine rings is 1. The van der Waals surface area contributed by atoms with Crippen LogP contribution in [0.1, 0.15) is 26.7 Å². The molecule has 0 unspecified atom stereocenters. The lowest BCUT2D eigenvalue weighted by atomic mass is 9.98. The first-order valence-electron chi connectivity index (χ1n) is 9.26. The van der Waals surface area contributed by atoms with Gasteiger partial charge in [0.2, 0.25) is 0 Å². The standard InChI is InChI=1S/C20H22N6O/c1-13(2)27-15-3-4-17-16(9-15)20(25-24-17)18-10-19(23-12-22-18)26-7-5-14(11-21)6-8-26/h3-4,9-10,12-14H,5-8H2,1-2H3,(H,24,25). The molecule has 0 saturated carbocycles. The van der Waals surface area contributed by atoms with Gasteiger partial charge in [0.05, 0.1) is 23.4 Å². The van der Waals surface area contributed by atoms with Gasteiger partial charge in [0, 0.05) is 30.5 Å². The van der Waals surface area contributed by atoms with Gasteiger partial charge in [-0.3, -0.25) is 5.10 Å². The summed E-state index contributed by atoms with van der Waals surface area (Å²) in [5.41, 5.74) is 2.50. The highest BCUT2D eigenvalue weighted by Crippen LogP contribution is 2.30. The van der Waals surface area contributed by atoms with Gasteiger partial charge < -0.3 is 9.64 Å². The molecule has 4 rings (SSSR count). The fourth-order valence-electron chi connectivity index (χ4n) is 3.42. The minimum Gasteiger partial charge on any atom is -0.491 e. The maximum Gasteiger partial charge on any atom is 0.132 e. The van der Waals surface area contributed by atoms with Gasteiger partial charge in [-0.15, -0.1) is 0 Å². The number of nitrogens with zero attached hydrogens (tertiary/aromatic N) is 5. The average Bonchev–Trinajstić information content (AvgIpc) is 3.11. The number of ether oxygens (including phenoxy) is 1. The lowest BCUT2D eigenvalue weighted by Crippen LogP contribution is -2.33. The van der Waals surface area contributed by atoms with Gasteiger partial charge >= 0.3 is 0 Å². The smallest absolute Gasteiger partial charge is 0.132 e. The van der Waals surface area contributed by atoms with Gasteiger partial charge in [-0.05, 0) is 44.9 Å². The molecule has 7 heteroatoms. The number of benzene rings is 1. The van der Waals surface area contributed by atoms with Crippen LogP contribution in [-0.2, 0) is 0 Å². The lowest BCUT2D eigenvalue weighted by Gasteiger charge is -2.30. The number of aromatic amines is 1. The van der Waals surface area contributed by atoms with Crippen molar-refractivity contribution in [1.82, 2.24) is 20.2 Å². The van der Waals surface area contributed by atoms with Crippen molar-refractivity contribution in [2.45, 2.75) is 32.8 Å². The number of H-pyrrole nitrogens is 1. The minimum absolute atomic E-state index is 0.111. The van der Waals surface area contributed by atoms with Crippen molar-refractivity contribution in [1.29, 1.82) is 5.26 Å². The van der Waals surface area contributed by atoms with Crippen LogP contribution < -0.4 is 9.64 Å². The summed E-state index contributed by atoms with van der Waals surface area (Å²) in [6, 6.07) is 10.2. The molecule has 0 spiro atoms. The van der Waals surface area contributed by atoms with E-state index < -0.39 is 0 Å². The summed E-state index contributed by atoms with van der Waals surface area (Å²) in [5.74, 6) is 1.84. The van der Waals surface area contributed by atoms with Crippen molar-refractivity contribution in [3.63, 3.8) is 0 Å². The SMILES string of the molecule is CC(C)Oc1ccc2[nH]nc(-c3cc(N4CCC(C#N)CC4)ncn3)c2c1. The van der Waals surface area contributed by atoms with E-state index in [0.29, 0.717) is 0 Å².